The smallest absolute Gasteiger partial charge is 0.0390 e. The number of thioether (sulfide) groups is 1. The van der Waals surface area contributed by atoms with Crippen molar-refractivity contribution in [2.75, 3.05) is 12.1 Å². The molecular formula is C9H13NS2. The quantitative estimate of drug-likeness (QED) is 0.439. The van der Waals surface area contributed by atoms with Crippen LogP contribution in [-0.2, 0) is 6.54 Å². The molecule has 0 aliphatic heterocycles. The Balaban J connectivity index is 2.53. The van der Waals surface area contributed by atoms with Gasteiger partial charge in [0.25, 0.3) is 0 Å². The highest BCUT2D eigenvalue weighted by molar-refractivity contribution is 7.98. The molecule has 1 aromatic carbocycles. The van der Waals surface area contributed by atoms with Gasteiger partial charge in [-0.1, -0.05) is 12.1 Å². The van der Waals surface area contributed by atoms with Gasteiger partial charge in [0.1, 0.15) is 0 Å². The molecule has 12 heavy (non-hydrogen) atoms. The van der Waals surface area contributed by atoms with Crippen molar-refractivity contribution in [2.45, 2.75) is 11.4 Å². The molecule has 0 atom stereocenters. The van der Waals surface area contributed by atoms with E-state index < -0.39 is 0 Å². The summed E-state index contributed by atoms with van der Waals surface area (Å²) in [6.07, 6.45) is 2.08. The molecule has 0 fully saturated rings. The second-order valence-corrected chi connectivity index (χ2v) is 3.63. The van der Waals surface area contributed by atoms with Crippen LogP contribution in [0.4, 0.5) is 0 Å². The van der Waals surface area contributed by atoms with E-state index >= 15 is 0 Å². The Kier molecular flexibility index (Phi) is 4.58. The van der Waals surface area contributed by atoms with E-state index in [9.17, 15) is 0 Å². The van der Waals surface area contributed by atoms with Crippen LogP contribution in [0.15, 0.2) is 29.2 Å². The third-order valence-corrected chi connectivity index (χ3v) is 2.57. The maximum Gasteiger partial charge on any atom is 0.0390 e. The SMILES string of the molecule is CSc1ccc(CNCS)cc1. The summed E-state index contributed by atoms with van der Waals surface area (Å²) >= 11 is 5.84. The molecule has 1 nitrogen and oxygen atoms in total. The van der Waals surface area contributed by atoms with Crippen LogP contribution in [-0.4, -0.2) is 12.1 Å². The summed E-state index contributed by atoms with van der Waals surface area (Å²) in [6, 6.07) is 8.56. The number of hydrogen-bond donors (Lipinski definition) is 2. The minimum absolute atomic E-state index is 0.726. The fraction of sp³-hybridized carbons (Fsp3) is 0.333. The van der Waals surface area contributed by atoms with Crippen molar-refractivity contribution >= 4 is 24.4 Å². The van der Waals surface area contributed by atoms with Gasteiger partial charge in [0, 0.05) is 17.3 Å². The van der Waals surface area contributed by atoms with Gasteiger partial charge in [-0.3, -0.25) is 0 Å². The maximum absolute atomic E-state index is 4.07. The van der Waals surface area contributed by atoms with Gasteiger partial charge in [-0.2, -0.15) is 12.6 Å². The number of nitrogens with one attached hydrogen (secondary N) is 1. The minimum atomic E-state index is 0.726. The van der Waals surface area contributed by atoms with Crippen LogP contribution < -0.4 is 5.32 Å². The zero-order chi connectivity index (χ0) is 8.81. The Morgan fingerprint density at radius 1 is 1.33 bits per heavy atom. The largest absolute Gasteiger partial charge is 0.304 e. The van der Waals surface area contributed by atoms with Crippen LogP contribution in [0.2, 0.25) is 0 Å². The standard InChI is InChI=1S/C9H13NS2/c1-12-9-4-2-8(3-5-9)6-10-7-11/h2-5,10-11H,6-7H2,1H3. The van der Waals surface area contributed by atoms with Crippen molar-refractivity contribution in [3.63, 3.8) is 0 Å². The molecule has 0 saturated carbocycles. The van der Waals surface area contributed by atoms with Gasteiger partial charge in [-0.15, -0.1) is 11.8 Å². The topological polar surface area (TPSA) is 12.0 Å². The van der Waals surface area contributed by atoms with Crippen LogP contribution in [0, 0.1) is 0 Å². The van der Waals surface area contributed by atoms with Gasteiger partial charge in [-0.05, 0) is 24.0 Å². The van der Waals surface area contributed by atoms with Gasteiger partial charge in [0.15, 0.2) is 0 Å². The molecule has 1 aromatic rings. The van der Waals surface area contributed by atoms with Crippen molar-refractivity contribution in [1.29, 1.82) is 0 Å². The highest BCUT2D eigenvalue weighted by Gasteiger charge is 1.91. The number of hydrogen-bond acceptors (Lipinski definition) is 3. The second-order valence-electron chi connectivity index (χ2n) is 2.43. The van der Waals surface area contributed by atoms with E-state index in [1.54, 1.807) is 11.8 Å². The summed E-state index contributed by atoms with van der Waals surface area (Å²) in [6.45, 7) is 0.901. The van der Waals surface area contributed by atoms with Crippen LogP contribution in [0.1, 0.15) is 5.56 Å². The highest BCUT2D eigenvalue weighted by Crippen LogP contribution is 2.14. The van der Waals surface area contributed by atoms with Gasteiger partial charge in [0.05, 0.1) is 0 Å². The van der Waals surface area contributed by atoms with Crippen molar-refractivity contribution in [3.05, 3.63) is 29.8 Å². The first-order chi connectivity index (χ1) is 5.86. The molecule has 0 aromatic heterocycles. The van der Waals surface area contributed by atoms with E-state index in [4.69, 9.17) is 0 Å². The molecule has 0 spiro atoms. The van der Waals surface area contributed by atoms with Gasteiger partial charge >= 0.3 is 0 Å². The lowest BCUT2D eigenvalue weighted by Crippen LogP contribution is -2.09. The molecule has 1 N–H and O–H groups in total. The van der Waals surface area contributed by atoms with Gasteiger partial charge in [-0.25, -0.2) is 0 Å². The molecule has 66 valence electrons. The molecule has 0 bridgehead atoms. The van der Waals surface area contributed by atoms with Gasteiger partial charge < -0.3 is 5.32 Å². The third kappa shape index (κ3) is 3.09. The van der Waals surface area contributed by atoms with Gasteiger partial charge in [0.2, 0.25) is 0 Å². The van der Waals surface area contributed by atoms with Crippen LogP contribution in [0.25, 0.3) is 0 Å². The van der Waals surface area contributed by atoms with Crippen molar-refractivity contribution in [3.8, 4) is 0 Å². The average Bonchev–Trinajstić information content (AvgIpc) is 2.15. The fourth-order valence-corrected chi connectivity index (χ4v) is 1.46. The van der Waals surface area contributed by atoms with Crippen LogP contribution >= 0.6 is 24.4 Å². The average molecular weight is 199 g/mol. The van der Waals surface area contributed by atoms with Crippen molar-refractivity contribution < 1.29 is 0 Å². The van der Waals surface area contributed by atoms with E-state index in [-0.39, 0.29) is 0 Å². The molecule has 0 amide bonds. The Morgan fingerprint density at radius 2 is 2.00 bits per heavy atom. The van der Waals surface area contributed by atoms with Crippen LogP contribution in [0.5, 0.6) is 0 Å². The summed E-state index contributed by atoms with van der Waals surface area (Å²) in [5.74, 6) is 0.726. The lowest BCUT2D eigenvalue weighted by molar-refractivity contribution is 0.798. The number of thiol groups is 1. The van der Waals surface area contributed by atoms with Crippen LogP contribution in [0.3, 0.4) is 0 Å². The molecule has 0 aliphatic carbocycles. The number of benzene rings is 1. The van der Waals surface area contributed by atoms with E-state index in [1.165, 1.54) is 10.5 Å². The van der Waals surface area contributed by atoms with E-state index in [2.05, 4.69) is 48.5 Å². The lowest BCUT2D eigenvalue weighted by atomic mass is 10.2. The first kappa shape index (κ1) is 9.96. The van der Waals surface area contributed by atoms with E-state index in [0.29, 0.717) is 0 Å². The Bertz CT molecular complexity index is 220. The zero-order valence-corrected chi connectivity index (χ0v) is 8.79. The maximum atomic E-state index is 4.07. The molecule has 0 heterocycles. The highest BCUT2D eigenvalue weighted by atomic mass is 32.2. The summed E-state index contributed by atoms with van der Waals surface area (Å²) in [5.41, 5.74) is 1.31. The van der Waals surface area contributed by atoms with E-state index in [1.807, 2.05) is 0 Å². The summed E-state index contributed by atoms with van der Waals surface area (Å²) < 4.78 is 0. The Labute approximate surface area is 83.4 Å². The predicted octanol–water partition coefficient (Wildman–Crippen LogP) is 2.39. The molecule has 0 saturated heterocycles. The Morgan fingerprint density at radius 3 is 2.50 bits per heavy atom. The molecule has 1 rings (SSSR count). The summed E-state index contributed by atoms with van der Waals surface area (Å²) in [7, 11) is 0. The third-order valence-electron chi connectivity index (χ3n) is 1.60. The number of rotatable bonds is 4. The fourth-order valence-electron chi connectivity index (χ4n) is 0.944. The summed E-state index contributed by atoms with van der Waals surface area (Å²) in [4.78, 5) is 1.31. The molecule has 3 heteroatoms. The molecule has 0 aliphatic rings. The predicted molar refractivity (Wildman–Crippen MR) is 58.9 cm³/mol. The first-order valence-electron chi connectivity index (χ1n) is 3.81. The summed E-state index contributed by atoms with van der Waals surface area (Å²) in [5, 5.41) is 3.16. The molecule has 0 radical (unpaired) electrons. The minimum Gasteiger partial charge on any atom is -0.304 e. The lowest BCUT2D eigenvalue weighted by Gasteiger charge is -2.02. The normalized spacial score (nSPS) is 10.2. The molecule has 0 unspecified atom stereocenters. The zero-order valence-electron chi connectivity index (χ0n) is 7.08. The van der Waals surface area contributed by atoms with Crippen molar-refractivity contribution in [1.82, 2.24) is 5.32 Å². The first-order valence-corrected chi connectivity index (χ1v) is 5.67. The Hall–Kier alpha value is -0.120. The monoisotopic (exact) mass is 199 g/mol. The van der Waals surface area contributed by atoms with Crippen molar-refractivity contribution in [2.24, 2.45) is 0 Å². The molecular weight excluding hydrogens is 186 g/mol. The second kappa shape index (κ2) is 5.51. The van der Waals surface area contributed by atoms with E-state index in [0.717, 1.165) is 12.4 Å².